The molecule has 4 heterocycles. The normalized spacial score (nSPS) is 13.7. The van der Waals surface area contributed by atoms with Crippen LogP contribution in [0.3, 0.4) is 0 Å². The summed E-state index contributed by atoms with van der Waals surface area (Å²) >= 11 is 0. The maximum atomic E-state index is 12.9. The first-order valence-corrected chi connectivity index (χ1v) is 9.46. The number of alkyl halides is 3. The van der Waals surface area contributed by atoms with Gasteiger partial charge in [-0.2, -0.15) is 18.3 Å². The molecule has 0 unspecified atom stereocenters. The van der Waals surface area contributed by atoms with Crippen LogP contribution in [0.15, 0.2) is 43.0 Å². The Morgan fingerprint density at radius 2 is 1.94 bits per heavy atom. The van der Waals surface area contributed by atoms with Crippen molar-refractivity contribution >= 4 is 23.0 Å². The van der Waals surface area contributed by atoms with Gasteiger partial charge in [-0.1, -0.05) is 0 Å². The van der Waals surface area contributed by atoms with E-state index in [2.05, 4.69) is 31.3 Å². The van der Waals surface area contributed by atoms with Gasteiger partial charge in [-0.15, -0.1) is 5.53 Å². The van der Waals surface area contributed by atoms with Gasteiger partial charge in [0.05, 0.1) is 40.7 Å². The van der Waals surface area contributed by atoms with E-state index in [0.717, 1.165) is 29.2 Å². The lowest BCUT2D eigenvalue weighted by Gasteiger charge is -2.18. The van der Waals surface area contributed by atoms with Crippen LogP contribution in [0, 0.1) is 13.8 Å². The number of carbonyl (C=O) groups is 1. The number of nitrogens with zero attached hydrogens (tertiary/aromatic N) is 5. The number of hydrogen-bond donors (Lipinski definition) is 3. The second-order valence-electron chi connectivity index (χ2n) is 7.13. The molecule has 3 aromatic heterocycles. The SMILES string of the molecule is Cc1ncc(NC(=O)c2cc(C(F)(F)F)ccn2)cc1N1C=C(c2cnn(C)c2C)NN1. The van der Waals surface area contributed by atoms with Crippen LogP contribution >= 0.6 is 0 Å². The molecule has 1 aliphatic heterocycles. The van der Waals surface area contributed by atoms with Gasteiger partial charge in [0.15, 0.2) is 0 Å². The third kappa shape index (κ3) is 4.12. The minimum Gasteiger partial charge on any atom is -0.319 e. The summed E-state index contributed by atoms with van der Waals surface area (Å²) in [5.74, 6) is -0.776. The number of hydrogen-bond acceptors (Lipinski definition) is 7. The number of hydrazine groups is 2. The van der Waals surface area contributed by atoms with Crippen molar-refractivity contribution in [3.8, 4) is 0 Å². The average Bonchev–Trinajstić information content (AvgIpc) is 3.36. The predicted octanol–water partition coefficient (Wildman–Crippen LogP) is 2.93. The molecule has 166 valence electrons. The largest absolute Gasteiger partial charge is 0.416 e. The molecule has 1 amide bonds. The van der Waals surface area contributed by atoms with Gasteiger partial charge >= 0.3 is 6.18 Å². The van der Waals surface area contributed by atoms with E-state index in [1.807, 2.05) is 20.2 Å². The van der Waals surface area contributed by atoms with Crippen molar-refractivity contribution < 1.29 is 18.0 Å². The second kappa shape index (κ2) is 7.96. The molecular formula is C20H19F3N8O. The smallest absolute Gasteiger partial charge is 0.319 e. The Labute approximate surface area is 180 Å². The summed E-state index contributed by atoms with van der Waals surface area (Å²) in [6.45, 7) is 3.73. The zero-order valence-electron chi connectivity index (χ0n) is 17.3. The topological polar surface area (TPSA) is 100 Å². The number of carbonyl (C=O) groups excluding carboxylic acids is 1. The summed E-state index contributed by atoms with van der Waals surface area (Å²) in [5, 5.41) is 8.45. The van der Waals surface area contributed by atoms with Crippen LogP contribution in [0.25, 0.3) is 5.70 Å². The summed E-state index contributed by atoms with van der Waals surface area (Å²) in [4.78, 5) is 20.5. The van der Waals surface area contributed by atoms with Gasteiger partial charge in [0.2, 0.25) is 0 Å². The Hall–Kier alpha value is -3.93. The molecule has 0 atom stereocenters. The van der Waals surface area contributed by atoms with Crippen molar-refractivity contribution in [2.75, 3.05) is 10.3 Å². The van der Waals surface area contributed by atoms with E-state index >= 15 is 0 Å². The first kappa shape index (κ1) is 21.3. The number of rotatable bonds is 4. The number of aryl methyl sites for hydroxylation is 2. The van der Waals surface area contributed by atoms with Crippen LogP contribution in [0.5, 0.6) is 0 Å². The number of anilines is 2. The fraction of sp³-hybridized carbons (Fsp3) is 0.200. The molecule has 0 fully saturated rings. The van der Waals surface area contributed by atoms with Crippen molar-refractivity contribution in [2.24, 2.45) is 7.05 Å². The van der Waals surface area contributed by atoms with Crippen LogP contribution in [-0.2, 0) is 13.2 Å². The van der Waals surface area contributed by atoms with Crippen molar-refractivity contribution in [1.82, 2.24) is 30.7 Å². The molecule has 9 nitrogen and oxygen atoms in total. The molecule has 0 aliphatic carbocycles. The zero-order valence-corrected chi connectivity index (χ0v) is 17.3. The van der Waals surface area contributed by atoms with Crippen LogP contribution in [0.1, 0.15) is 33.0 Å². The molecule has 1 aliphatic rings. The summed E-state index contributed by atoms with van der Waals surface area (Å²) < 4.78 is 40.5. The van der Waals surface area contributed by atoms with Crippen LogP contribution in [0.4, 0.5) is 24.5 Å². The van der Waals surface area contributed by atoms with Gasteiger partial charge in [0.25, 0.3) is 5.91 Å². The molecule has 12 heteroatoms. The monoisotopic (exact) mass is 444 g/mol. The fourth-order valence-corrected chi connectivity index (χ4v) is 3.10. The van der Waals surface area contributed by atoms with Crippen molar-refractivity contribution in [3.63, 3.8) is 0 Å². The van der Waals surface area contributed by atoms with E-state index in [1.54, 1.807) is 28.9 Å². The highest BCUT2D eigenvalue weighted by atomic mass is 19.4. The first-order chi connectivity index (χ1) is 15.1. The molecule has 0 radical (unpaired) electrons. The highest BCUT2D eigenvalue weighted by molar-refractivity contribution is 6.03. The summed E-state index contributed by atoms with van der Waals surface area (Å²) in [6.07, 6.45) is 1.35. The Kier molecular flexibility index (Phi) is 5.30. The molecule has 3 N–H and O–H groups in total. The van der Waals surface area contributed by atoms with Gasteiger partial charge in [0, 0.05) is 30.7 Å². The van der Waals surface area contributed by atoms with Gasteiger partial charge in [0.1, 0.15) is 5.69 Å². The number of nitrogens with one attached hydrogen (secondary N) is 3. The third-order valence-electron chi connectivity index (χ3n) is 4.99. The fourth-order valence-electron chi connectivity index (χ4n) is 3.10. The lowest BCUT2D eigenvalue weighted by atomic mass is 10.2. The Morgan fingerprint density at radius 3 is 2.62 bits per heavy atom. The van der Waals surface area contributed by atoms with Crippen molar-refractivity contribution in [2.45, 2.75) is 20.0 Å². The van der Waals surface area contributed by atoms with E-state index in [9.17, 15) is 18.0 Å². The zero-order chi connectivity index (χ0) is 23.0. The quantitative estimate of drug-likeness (QED) is 0.569. The van der Waals surface area contributed by atoms with Gasteiger partial charge < -0.3 is 10.7 Å². The molecule has 0 bridgehead atoms. The van der Waals surface area contributed by atoms with E-state index in [4.69, 9.17) is 0 Å². The van der Waals surface area contributed by atoms with E-state index < -0.39 is 17.6 Å². The summed E-state index contributed by atoms with van der Waals surface area (Å²) in [5.41, 5.74) is 9.02. The maximum Gasteiger partial charge on any atom is 0.416 e. The molecule has 3 aromatic rings. The Balaban J connectivity index is 1.56. The minimum atomic E-state index is -4.57. The second-order valence-corrected chi connectivity index (χ2v) is 7.13. The lowest BCUT2D eigenvalue weighted by molar-refractivity contribution is -0.137. The van der Waals surface area contributed by atoms with Crippen LogP contribution < -0.4 is 21.3 Å². The minimum absolute atomic E-state index is 0.302. The third-order valence-corrected chi connectivity index (χ3v) is 4.99. The predicted molar refractivity (Wildman–Crippen MR) is 111 cm³/mol. The van der Waals surface area contributed by atoms with E-state index in [0.29, 0.717) is 23.1 Å². The Morgan fingerprint density at radius 1 is 1.16 bits per heavy atom. The molecular weight excluding hydrogens is 425 g/mol. The van der Waals surface area contributed by atoms with Crippen LogP contribution in [-0.4, -0.2) is 25.7 Å². The first-order valence-electron chi connectivity index (χ1n) is 9.46. The molecule has 0 aromatic carbocycles. The van der Waals surface area contributed by atoms with E-state index in [-0.39, 0.29) is 5.69 Å². The molecule has 32 heavy (non-hydrogen) atoms. The van der Waals surface area contributed by atoms with Gasteiger partial charge in [-0.05, 0) is 32.0 Å². The number of halogens is 3. The number of amides is 1. The number of pyridine rings is 2. The molecule has 0 spiro atoms. The Bertz CT molecular complexity index is 1220. The summed E-state index contributed by atoms with van der Waals surface area (Å²) in [7, 11) is 1.85. The standard InChI is InChI=1S/C20H19F3N8O/c1-11-18(31-10-17(28-29-31)15-9-26-30(3)12(15)2)7-14(8-25-11)27-19(32)16-6-13(4-5-24-16)20(21,22)23/h4-10,28-29H,1-3H3,(H,27,32). The van der Waals surface area contributed by atoms with Crippen molar-refractivity contribution in [3.05, 3.63) is 71.2 Å². The highest BCUT2D eigenvalue weighted by Gasteiger charge is 2.31. The summed E-state index contributed by atoms with van der Waals surface area (Å²) in [6, 6.07) is 3.16. The average molecular weight is 444 g/mol. The van der Waals surface area contributed by atoms with Crippen molar-refractivity contribution in [1.29, 1.82) is 0 Å². The molecule has 0 saturated heterocycles. The van der Waals surface area contributed by atoms with Gasteiger partial charge in [-0.25, -0.2) is 0 Å². The van der Waals surface area contributed by atoms with E-state index in [1.165, 1.54) is 6.20 Å². The highest BCUT2D eigenvalue weighted by Crippen LogP contribution is 2.29. The maximum absolute atomic E-state index is 12.9. The van der Waals surface area contributed by atoms with Crippen LogP contribution in [0.2, 0.25) is 0 Å². The van der Waals surface area contributed by atoms with Gasteiger partial charge in [-0.3, -0.25) is 24.5 Å². The molecule has 0 saturated carbocycles. The number of aromatic nitrogens is 4. The molecule has 4 rings (SSSR count). The lowest BCUT2D eigenvalue weighted by Crippen LogP contribution is -2.36.